The predicted molar refractivity (Wildman–Crippen MR) is 88.0 cm³/mol. The predicted octanol–water partition coefficient (Wildman–Crippen LogP) is 2.14. The summed E-state index contributed by atoms with van der Waals surface area (Å²) < 4.78 is 26.8. The van der Waals surface area contributed by atoms with Crippen molar-refractivity contribution in [3.05, 3.63) is 48.3 Å². The first-order valence-corrected chi connectivity index (χ1v) is 8.05. The van der Waals surface area contributed by atoms with Crippen LogP contribution in [0.25, 0.3) is 11.0 Å². The van der Waals surface area contributed by atoms with Crippen molar-refractivity contribution in [3.8, 4) is 0 Å². The first kappa shape index (κ1) is 17.0. The molecule has 3 aromatic rings. The van der Waals surface area contributed by atoms with E-state index < -0.39 is 17.6 Å². The van der Waals surface area contributed by atoms with E-state index in [9.17, 15) is 18.4 Å². The van der Waals surface area contributed by atoms with E-state index >= 15 is 0 Å². The number of thioether (sulfide) groups is 1. The summed E-state index contributed by atoms with van der Waals surface area (Å²) in [5.74, 6) is -3.75. The van der Waals surface area contributed by atoms with Crippen LogP contribution >= 0.6 is 11.8 Å². The van der Waals surface area contributed by atoms with Gasteiger partial charge in [-0.1, -0.05) is 12.1 Å². The summed E-state index contributed by atoms with van der Waals surface area (Å²) in [6.07, 6.45) is 1.57. The maximum Gasteiger partial charge on any atom is 0.291 e. The molecule has 0 aliphatic carbocycles. The second kappa shape index (κ2) is 7.34. The third-order valence-corrected chi connectivity index (χ3v) is 3.97. The number of imidazole rings is 1. The second-order valence-corrected chi connectivity index (χ2v) is 5.89. The molecule has 0 saturated carbocycles. The highest BCUT2D eigenvalue weighted by atomic mass is 32.2. The minimum Gasteiger partial charge on any atom is -0.357 e. The minimum absolute atomic E-state index is 0.0297. The van der Waals surface area contributed by atoms with Gasteiger partial charge in [0.1, 0.15) is 12.2 Å². The molecule has 0 aliphatic heterocycles. The Labute approximate surface area is 144 Å². The number of hydrazine groups is 1. The van der Waals surface area contributed by atoms with E-state index in [0.29, 0.717) is 11.0 Å². The van der Waals surface area contributed by atoms with Gasteiger partial charge in [0.15, 0.2) is 5.16 Å². The van der Waals surface area contributed by atoms with E-state index in [1.165, 1.54) is 4.57 Å². The Bertz CT molecular complexity index is 895. The number of fused-ring (bicyclic) bond motifs is 1. The largest absolute Gasteiger partial charge is 0.357 e. The molecular formula is C15H13F2N5O2S. The molecule has 0 aliphatic rings. The van der Waals surface area contributed by atoms with Gasteiger partial charge in [-0.2, -0.15) is 8.78 Å². The fraction of sp³-hybridized carbons (Fsp3) is 0.133. The first-order chi connectivity index (χ1) is 12.0. The quantitative estimate of drug-likeness (QED) is 0.477. The zero-order valence-corrected chi connectivity index (χ0v) is 13.5. The van der Waals surface area contributed by atoms with Gasteiger partial charge in [-0.15, -0.1) is 0 Å². The number of hydrogen-bond donors (Lipinski definition) is 3. The number of carbonyl (C=O) groups is 2. The molecule has 0 radical (unpaired) electrons. The zero-order valence-electron chi connectivity index (χ0n) is 12.7. The molecule has 25 heavy (non-hydrogen) atoms. The van der Waals surface area contributed by atoms with Crippen LogP contribution in [-0.2, 0) is 11.3 Å². The van der Waals surface area contributed by atoms with Gasteiger partial charge >= 0.3 is 0 Å². The Morgan fingerprint density at radius 2 is 2.00 bits per heavy atom. The van der Waals surface area contributed by atoms with Crippen molar-refractivity contribution in [1.82, 2.24) is 25.4 Å². The Morgan fingerprint density at radius 3 is 2.72 bits per heavy atom. The number of amides is 2. The molecule has 7 nitrogen and oxygen atoms in total. The van der Waals surface area contributed by atoms with Crippen LogP contribution in [0.15, 0.2) is 47.8 Å². The summed E-state index contributed by atoms with van der Waals surface area (Å²) in [6, 6.07) is 9.99. The molecule has 0 unspecified atom stereocenters. The van der Waals surface area contributed by atoms with E-state index in [-0.39, 0.29) is 29.2 Å². The maximum absolute atomic E-state index is 12.7. The topological polar surface area (TPSA) is 91.8 Å². The summed E-state index contributed by atoms with van der Waals surface area (Å²) in [6.45, 7) is -0.263. The molecule has 10 heteroatoms. The molecular weight excluding hydrogens is 352 g/mol. The number of alkyl halides is 2. The minimum atomic E-state index is -2.66. The maximum atomic E-state index is 12.7. The van der Waals surface area contributed by atoms with Gasteiger partial charge in [-0.3, -0.25) is 20.4 Å². The van der Waals surface area contributed by atoms with Crippen LogP contribution in [0.1, 0.15) is 10.5 Å². The summed E-state index contributed by atoms with van der Waals surface area (Å²) in [4.78, 5) is 30.7. The van der Waals surface area contributed by atoms with E-state index in [1.54, 1.807) is 42.6 Å². The number of nitrogens with zero attached hydrogens (tertiary/aromatic N) is 2. The first-order valence-electron chi connectivity index (χ1n) is 7.17. The SMILES string of the molecule is O=C(Cn1c(SC(F)F)nc2ccccc21)NNC(=O)c1ccc[nH]1. The average Bonchev–Trinajstić information content (AvgIpc) is 3.21. The molecule has 3 rings (SSSR count). The van der Waals surface area contributed by atoms with Gasteiger partial charge < -0.3 is 9.55 Å². The van der Waals surface area contributed by atoms with Crippen LogP contribution in [0.3, 0.4) is 0 Å². The normalized spacial score (nSPS) is 11.0. The van der Waals surface area contributed by atoms with E-state index in [1.807, 2.05) is 0 Å². The number of rotatable bonds is 5. The monoisotopic (exact) mass is 365 g/mol. The lowest BCUT2D eigenvalue weighted by atomic mass is 10.3. The summed E-state index contributed by atoms with van der Waals surface area (Å²) in [5, 5.41) is 0.0297. The number of halogens is 2. The third kappa shape index (κ3) is 3.97. The van der Waals surface area contributed by atoms with Crippen molar-refractivity contribution in [1.29, 1.82) is 0 Å². The molecule has 0 spiro atoms. The molecule has 0 bridgehead atoms. The molecule has 0 atom stereocenters. The average molecular weight is 365 g/mol. The number of aromatic nitrogens is 3. The van der Waals surface area contributed by atoms with Crippen molar-refractivity contribution in [3.63, 3.8) is 0 Å². The lowest BCUT2D eigenvalue weighted by Crippen LogP contribution is -2.43. The van der Waals surface area contributed by atoms with E-state index in [4.69, 9.17) is 0 Å². The van der Waals surface area contributed by atoms with Crippen LogP contribution < -0.4 is 10.9 Å². The molecule has 1 aromatic carbocycles. The van der Waals surface area contributed by atoms with Crippen LogP contribution in [0.5, 0.6) is 0 Å². The highest BCUT2D eigenvalue weighted by Gasteiger charge is 2.18. The highest BCUT2D eigenvalue weighted by Crippen LogP contribution is 2.28. The number of para-hydroxylation sites is 2. The molecule has 2 heterocycles. The number of H-pyrrole nitrogens is 1. The van der Waals surface area contributed by atoms with Crippen molar-refractivity contribution >= 4 is 34.6 Å². The molecule has 3 N–H and O–H groups in total. The fourth-order valence-electron chi connectivity index (χ4n) is 2.22. The lowest BCUT2D eigenvalue weighted by Gasteiger charge is -2.10. The number of nitrogens with one attached hydrogen (secondary N) is 3. The molecule has 130 valence electrons. The summed E-state index contributed by atoms with van der Waals surface area (Å²) >= 11 is 0.261. The van der Waals surface area contributed by atoms with E-state index in [0.717, 1.165) is 0 Å². The molecule has 0 saturated heterocycles. The van der Waals surface area contributed by atoms with Crippen LogP contribution in [-0.4, -0.2) is 32.1 Å². The van der Waals surface area contributed by atoms with E-state index in [2.05, 4.69) is 20.8 Å². The highest BCUT2D eigenvalue weighted by molar-refractivity contribution is 7.99. The van der Waals surface area contributed by atoms with Gasteiger partial charge in [-0.05, 0) is 36.0 Å². The second-order valence-electron chi connectivity index (χ2n) is 4.93. The van der Waals surface area contributed by atoms with Gasteiger partial charge in [0, 0.05) is 6.20 Å². The van der Waals surface area contributed by atoms with Crippen molar-refractivity contribution < 1.29 is 18.4 Å². The van der Waals surface area contributed by atoms with Crippen LogP contribution in [0, 0.1) is 0 Å². The summed E-state index contributed by atoms with van der Waals surface area (Å²) in [5.41, 5.74) is 5.84. The van der Waals surface area contributed by atoms with Crippen molar-refractivity contribution in [2.45, 2.75) is 17.5 Å². The Hall–Kier alpha value is -2.88. The zero-order chi connectivity index (χ0) is 17.8. The Kier molecular flexibility index (Phi) is 4.98. The Balaban J connectivity index is 1.72. The van der Waals surface area contributed by atoms with Gasteiger partial charge in [0.05, 0.1) is 11.0 Å². The van der Waals surface area contributed by atoms with Crippen LogP contribution in [0.2, 0.25) is 0 Å². The smallest absolute Gasteiger partial charge is 0.291 e. The van der Waals surface area contributed by atoms with Gasteiger partial charge in [0.25, 0.3) is 17.6 Å². The fourth-order valence-corrected chi connectivity index (χ4v) is 2.82. The molecule has 2 aromatic heterocycles. The number of hydrogen-bond acceptors (Lipinski definition) is 4. The molecule has 0 fully saturated rings. The Morgan fingerprint density at radius 1 is 1.20 bits per heavy atom. The number of aromatic amines is 1. The van der Waals surface area contributed by atoms with Gasteiger partial charge in [-0.25, -0.2) is 4.98 Å². The third-order valence-electron chi connectivity index (χ3n) is 3.27. The number of carbonyl (C=O) groups excluding carboxylic acids is 2. The van der Waals surface area contributed by atoms with Crippen LogP contribution in [0.4, 0.5) is 8.78 Å². The molecule has 2 amide bonds. The number of benzene rings is 1. The standard InChI is InChI=1S/C15H13F2N5O2S/c16-14(17)25-15-19-9-4-1-2-6-11(9)22(15)8-12(23)20-21-13(24)10-5-3-7-18-10/h1-7,14,18H,8H2,(H,20,23)(H,21,24). The summed E-state index contributed by atoms with van der Waals surface area (Å²) in [7, 11) is 0. The van der Waals surface area contributed by atoms with Gasteiger partial charge in [0.2, 0.25) is 0 Å². The van der Waals surface area contributed by atoms with Crippen molar-refractivity contribution in [2.75, 3.05) is 0 Å². The van der Waals surface area contributed by atoms with Crippen molar-refractivity contribution in [2.24, 2.45) is 0 Å². The lowest BCUT2D eigenvalue weighted by molar-refractivity contribution is -0.122.